The Morgan fingerprint density at radius 1 is 0.704 bits per heavy atom. The second kappa shape index (κ2) is 10.2. The van der Waals surface area contributed by atoms with Crippen molar-refractivity contribution in [2.45, 2.75) is 0 Å². The van der Waals surface area contributed by atoms with E-state index in [1.54, 1.807) is 60.7 Å². The molecule has 0 radical (unpaired) electrons. The van der Waals surface area contributed by atoms with Gasteiger partial charge in [0.2, 0.25) is 0 Å². The molecular formula is C21H18O6. The summed E-state index contributed by atoms with van der Waals surface area (Å²) in [6, 6.07) is 23.8. The van der Waals surface area contributed by atoms with Crippen LogP contribution >= 0.6 is 0 Å². The Balaban J connectivity index is 0.000000208. The first kappa shape index (κ1) is 19.5. The Kier molecular flexibility index (Phi) is 7.41. The Hall–Kier alpha value is -3.80. The van der Waals surface area contributed by atoms with Gasteiger partial charge in [0.05, 0.1) is 7.11 Å². The molecule has 0 amide bonds. The number of methoxy groups -OCH3 is 1. The van der Waals surface area contributed by atoms with E-state index in [-0.39, 0.29) is 11.3 Å². The lowest BCUT2D eigenvalue weighted by Crippen LogP contribution is -2.13. The fraction of sp³-hybridized carbons (Fsp3) is 0.0476. The van der Waals surface area contributed by atoms with Crippen molar-refractivity contribution in [3.63, 3.8) is 0 Å². The molecule has 0 unspecified atom stereocenters. The lowest BCUT2D eigenvalue weighted by molar-refractivity contribution is 0.0597. The van der Waals surface area contributed by atoms with E-state index in [2.05, 4.69) is 4.74 Å². The zero-order valence-corrected chi connectivity index (χ0v) is 14.6. The number of aromatic hydroxyl groups is 1. The predicted octanol–water partition coefficient (Wildman–Crippen LogP) is 4.44. The number of rotatable bonds is 3. The highest BCUT2D eigenvalue weighted by Gasteiger charge is 2.08. The second-order valence-electron chi connectivity index (χ2n) is 5.09. The molecule has 138 valence electrons. The highest BCUT2D eigenvalue weighted by Crippen LogP contribution is 2.16. The molecule has 0 aliphatic heterocycles. The first-order valence-corrected chi connectivity index (χ1v) is 7.96. The van der Waals surface area contributed by atoms with Gasteiger partial charge in [-0.1, -0.05) is 48.5 Å². The molecule has 0 fully saturated rings. The summed E-state index contributed by atoms with van der Waals surface area (Å²) in [5.41, 5.74) is 0.190. The molecule has 0 spiro atoms. The number of carbonyl (C=O) groups is 2. The summed E-state index contributed by atoms with van der Waals surface area (Å²) < 4.78 is 14.3. The zero-order chi connectivity index (χ0) is 19.5. The number of phenols is 1. The van der Waals surface area contributed by atoms with Gasteiger partial charge in [-0.25, -0.2) is 9.59 Å². The van der Waals surface area contributed by atoms with Crippen LogP contribution < -0.4 is 9.47 Å². The third kappa shape index (κ3) is 6.55. The zero-order valence-electron chi connectivity index (χ0n) is 14.6. The average molecular weight is 366 g/mol. The summed E-state index contributed by atoms with van der Waals surface area (Å²) in [5, 5.41) is 9.11. The van der Waals surface area contributed by atoms with Crippen LogP contribution in [0.1, 0.15) is 10.4 Å². The highest BCUT2D eigenvalue weighted by atomic mass is 16.7. The minimum Gasteiger partial charge on any atom is -0.507 e. The fourth-order valence-electron chi connectivity index (χ4n) is 1.95. The van der Waals surface area contributed by atoms with Crippen LogP contribution in [0.5, 0.6) is 17.2 Å². The summed E-state index contributed by atoms with van der Waals surface area (Å²) in [7, 11) is 1.27. The maximum atomic E-state index is 11.3. The molecule has 0 heterocycles. The molecule has 1 N–H and O–H groups in total. The van der Waals surface area contributed by atoms with E-state index in [1.165, 1.54) is 19.2 Å². The summed E-state index contributed by atoms with van der Waals surface area (Å²) in [6.45, 7) is 0. The molecule has 27 heavy (non-hydrogen) atoms. The SMILES string of the molecule is COC(=O)c1ccccc1O.O=C(Oc1ccccc1)Oc1ccccc1. The number of para-hydroxylation sites is 3. The highest BCUT2D eigenvalue weighted by molar-refractivity contribution is 5.92. The lowest BCUT2D eigenvalue weighted by atomic mass is 10.2. The number of hydrogen-bond donors (Lipinski definition) is 1. The van der Waals surface area contributed by atoms with E-state index in [0.717, 1.165) is 0 Å². The van der Waals surface area contributed by atoms with E-state index in [4.69, 9.17) is 14.6 Å². The molecule has 6 heteroatoms. The largest absolute Gasteiger partial charge is 0.519 e. The third-order valence-corrected chi connectivity index (χ3v) is 3.20. The van der Waals surface area contributed by atoms with Crippen LogP contribution in [-0.2, 0) is 4.74 Å². The van der Waals surface area contributed by atoms with Gasteiger partial charge in [0.25, 0.3) is 0 Å². The standard InChI is InChI=1S/C13H10O3.C8H8O3/c14-13(15-11-7-3-1-4-8-11)16-12-9-5-2-6-10-12;1-11-8(10)6-4-2-3-5-7(6)9/h1-10H;2-5,9H,1H3. The van der Waals surface area contributed by atoms with Crippen molar-refractivity contribution >= 4 is 12.1 Å². The van der Waals surface area contributed by atoms with Gasteiger partial charge in [-0.3, -0.25) is 0 Å². The number of ether oxygens (including phenoxy) is 3. The fourth-order valence-corrected chi connectivity index (χ4v) is 1.95. The predicted molar refractivity (Wildman–Crippen MR) is 99.0 cm³/mol. The minimum atomic E-state index is -0.739. The van der Waals surface area contributed by atoms with Gasteiger partial charge in [-0.2, -0.15) is 0 Å². The van der Waals surface area contributed by atoms with Crippen molar-refractivity contribution in [3.8, 4) is 17.2 Å². The van der Waals surface area contributed by atoms with Crippen molar-refractivity contribution in [2.24, 2.45) is 0 Å². The van der Waals surface area contributed by atoms with Crippen LogP contribution in [0.3, 0.4) is 0 Å². The molecule has 3 aromatic carbocycles. The molecule has 0 bridgehead atoms. The number of hydrogen-bond acceptors (Lipinski definition) is 6. The molecule has 0 aliphatic carbocycles. The first-order chi connectivity index (χ1) is 13.1. The summed E-state index contributed by atoms with van der Waals surface area (Å²) >= 11 is 0. The second-order valence-corrected chi connectivity index (χ2v) is 5.09. The van der Waals surface area contributed by atoms with Gasteiger partial charge < -0.3 is 19.3 Å². The van der Waals surface area contributed by atoms with E-state index in [0.29, 0.717) is 11.5 Å². The summed E-state index contributed by atoms with van der Waals surface area (Å²) in [6.07, 6.45) is -0.739. The van der Waals surface area contributed by atoms with Gasteiger partial charge in [0, 0.05) is 0 Å². The molecule has 6 nitrogen and oxygen atoms in total. The van der Waals surface area contributed by atoms with E-state index in [9.17, 15) is 9.59 Å². The van der Waals surface area contributed by atoms with Gasteiger partial charge in [-0.15, -0.1) is 0 Å². The smallest absolute Gasteiger partial charge is 0.507 e. The topological polar surface area (TPSA) is 82.1 Å². The van der Waals surface area contributed by atoms with Crippen molar-refractivity contribution in [3.05, 3.63) is 90.5 Å². The Bertz CT molecular complexity index is 819. The van der Waals surface area contributed by atoms with Crippen LogP contribution in [0.4, 0.5) is 4.79 Å². The van der Waals surface area contributed by atoms with Gasteiger partial charge in [0.15, 0.2) is 0 Å². The number of carbonyl (C=O) groups excluding carboxylic acids is 2. The Morgan fingerprint density at radius 3 is 1.59 bits per heavy atom. The minimum absolute atomic E-state index is 0.0562. The third-order valence-electron chi connectivity index (χ3n) is 3.20. The van der Waals surface area contributed by atoms with E-state index >= 15 is 0 Å². The van der Waals surface area contributed by atoms with Crippen molar-refractivity contribution < 1.29 is 28.9 Å². The lowest BCUT2D eigenvalue weighted by Gasteiger charge is -2.04. The van der Waals surface area contributed by atoms with E-state index < -0.39 is 12.1 Å². The molecule has 3 aromatic rings. The van der Waals surface area contributed by atoms with Crippen LogP contribution in [0.25, 0.3) is 0 Å². The molecule has 3 rings (SSSR count). The van der Waals surface area contributed by atoms with Crippen molar-refractivity contribution in [1.82, 2.24) is 0 Å². The quantitative estimate of drug-likeness (QED) is 0.545. The number of phenolic OH excluding ortho intramolecular Hbond substituents is 1. The molecule has 0 saturated heterocycles. The summed E-state index contributed by atoms with van der Waals surface area (Å²) in [5.74, 6) is 0.342. The average Bonchev–Trinajstić information content (AvgIpc) is 2.70. The van der Waals surface area contributed by atoms with Gasteiger partial charge in [0.1, 0.15) is 22.8 Å². The van der Waals surface area contributed by atoms with Crippen LogP contribution in [0.2, 0.25) is 0 Å². The maximum Gasteiger partial charge on any atom is 0.519 e. The first-order valence-electron chi connectivity index (χ1n) is 7.96. The van der Waals surface area contributed by atoms with Gasteiger partial charge >= 0.3 is 12.1 Å². The number of benzene rings is 3. The van der Waals surface area contributed by atoms with E-state index in [1.807, 2.05) is 12.1 Å². The molecule has 0 aliphatic rings. The van der Waals surface area contributed by atoms with Gasteiger partial charge in [-0.05, 0) is 36.4 Å². The molecule has 0 aromatic heterocycles. The normalized spacial score (nSPS) is 9.37. The molecule has 0 atom stereocenters. The Labute approximate surface area is 156 Å². The van der Waals surface area contributed by atoms with Crippen LogP contribution in [0.15, 0.2) is 84.9 Å². The molecular weight excluding hydrogens is 348 g/mol. The van der Waals surface area contributed by atoms with Crippen LogP contribution in [0, 0.1) is 0 Å². The van der Waals surface area contributed by atoms with Crippen molar-refractivity contribution in [2.75, 3.05) is 7.11 Å². The Morgan fingerprint density at radius 2 is 1.15 bits per heavy atom. The monoisotopic (exact) mass is 366 g/mol. The summed E-state index contributed by atoms with van der Waals surface area (Å²) in [4.78, 5) is 22.2. The van der Waals surface area contributed by atoms with Crippen molar-refractivity contribution in [1.29, 1.82) is 0 Å². The van der Waals surface area contributed by atoms with Crippen LogP contribution in [-0.4, -0.2) is 24.3 Å². The number of esters is 1. The maximum absolute atomic E-state index is 11.3. The molecule has 0 saturated carbocycles.